The van der Waals surface area contributed by atoms with Crippen LogP contribution in [0.5, 0.6) is 11.5 Å². The van der Waals surface area contributed by atoms with Crippen molar-refractivity contribution < 1.29 is 28.1 Å². The van der Waals surface area contributed by atoms with Gasteiger partial charge in [0, 0.05) is 6.54 Å². The molecule has 0 aliphatic rings. The van der Waals surface area contributed by atoms with Crippen molar-refractivity contribution in [1.29, 1.82) is 0 Å². The molecule has 0 fully saturated rings. The number of methoxy groups -OCH3 is 1. The van der Waals surface area contributed by atoms with E-state index in [1.807, 2.05) is 0 Å². The summed E-state index contributed by atoms with van der Waals surface area (Å²) < 4.78 is 42.7. The summed E-state index contributed by atoms with van der Waals surface area (Å²) in [4.78, 5) is 0. The summed E-state index contributed by atoms with van der Waals surface area (Å²) in [6.07, 6.45) is -4.93. The topological polar surface area (TPSA) is 75.7 Å². The summed E-state index contributed by atoms with van der Waals surface area (Å²) in [7, 11) is 1.26. The minimum atomic E-state index is -4.93. The molecule has 1 aromatic carbocycles. The van der Waals surface area contributed by atoms with Crippen LogP contribution in [0.1, 0.15) is 5.56 Å². The predicted molar refractivity (Wildman–Crippen MR) is 53.7 cm³/mol. The van der Waals surface area contributed by atoms with Crippen LogP contribution in [0.25, 0.3) is 0 Å². The number of hydrogen-bond acceptors (Lipinski definition) is 4. The Bertz CT molecular complexity index is 408. The number of hydrogen-bond donors (Lipinski definition) is 3. The van der Waals surface area contributed by atoms with Crippen LogP contribution in [0, 0.1) is 0 Å². The van der Waals surface area contributed by atoms with Crippen molar-refractivity contribution in [3.8, 4) is 11.5 Å². The molecule has 0 spiro atoms. The number of halogens is 3. The summed E-state index contributed by atoms with van der Waals surface area (Å²) >= 11 is 0. The number of aromatic hydroxyl groups is 1. The molecule has 7 heteroatoms. The Labute approximate surface area is 95.4 Å². The first-order valence-electron chi connectivity index (χ1n) is 4.63. The molecular weight excluding hydrogens is 239 g/mol. The Kier molecular flexibility index (Phi) is 3.53. The third kappa shape index (κ3) is 2.29. The van der Waals surface area contributed by atoms with Crippen LogP contribution in [-0.2, 0) is 5.60 Å². The molecule has 4 nitrogen and oxygen atoms in total. The van der Waals surface area contributed by atoms with Gasteiger partial charge in [0.05, 0.1) is 7.11 Å². The lowest BCUT2D eigenvalue weighted by Crippen LogP contribution is -2.48. The molecule has 1 aromatic rings. The molecule has 1 atom stereocenters. The van der Waals surface area contributed by atoms with Crippen LogP contribution >= 0.6 is 0 Å². The smallest absolute Gasteiger partial charge is 0.422 e. The van der Waals surface area contributed by atoms with Crippen LogP contribution in [0.15, 0.2) is 18.2 Å². The zero-order chi connectivity index (χ0) is 13.3. The predicted octanol–water partition coefficient (Wildman–Crippen LogP) is 1.11. The van der Waals surface area contributed by atoms with Crippen LogP contribution in [0.2, 0.25) is 0 Å². The zero-order valence-electron chi connectivity index (χ0n) is 8.95. The van der Waals surface area contributed by atoms with E-state index in [2.05, 4.69) is 4.74 Å². The quantitative estimate of drug-likeness (QED) is 0.752. The number of nitrogens with two attached hydrogens (primary N) is 1. The normalized spacial score (nSPS) is 15.4. The summed E-state index contributed by atoms with van der Waals surface area (Å²) in [5.74, 6) is -0.489. The van der Waals surface area contributed by atoms with Gasteiger partial charge in [-0.2, -0.15) is 13.2 Å². The number of benzene rings is 1. The molecule has 0 saturated heterocycles. The summed E-state index contributed by atoms with van der Waals surface area (Å²) in [5.41, 5.74) is 1.24. The summed E-state index contributed by atoms with van der Waals surface area (Å²) in [6, 6.07) is 2.90. The van der Waals surface area contributed by atoms with Crippen molar-refractivity contribution in [2.75, 3.05) is 13.7 Å². The fourth-order valence-corrected chi connectivity index (χ4v) is 1.34. The molecule has 0 aliphatic heterocycles. The highest BCUT2D eigenvalue weighted by molar-refractivity contribution is 5.44. The first kappa shape index (κ1) is 13.6. The van der Waals surface area contributed by atoms with Crippen molar-refractivity contribution in [1.82, 2.24) is 0 Å². The number of ether oxygens (including phenoxy) is 1. The molecule has 0 aliphatic carbocycles. The van der Waals surface area contributed by atoms with Gasteiger partial charge in [0.1, 0.15) is 0 Å². The average Bonchev–Trinajstić information content (AvgIpc) is 2.26. The Morgan fingerprint density at radius 3 is 2.29 bits per heavy atom. The number of phenols is 1. The van der Waals surface area contributed by atoms with E-state index < -0.39 is 29.6 Å². The Morgan fingerprint density at radius 1 is 1.35 bits per heavy atom. The van der Waals surface area contributed by atoms with Crippen molar-refractivity contribution in [3.63, 3.8) is 0 Å². The number of rotatable bonds is 3. The number of alkyl halides is 3. The summed E-state index contributed by atoms with van der Waals surface area (Å²) in [6.45, 7) is -1.04. The molecule has 4 N–H and O–H groups in total. The minimum Gasteiger partial charge on any atom is -0.504 e. The van der Waals surface area contributed by atoms with Crippen LogP contribution in [-0.4, -0.2) is 30.0 Å². The van der Waals surface area contributed by atoms with Crippen molar-refractivity contribution in [2.24, 2.45) is 5.73 Å². The van der Waals surface area contributed by atoms with Gasteiger partial charge in [0.25, 0.3) is 0 Å². The van der Waals surface area contributed by atoms with E-state index in [1.165, 1.54) is 7.11 Å². The molecule has 0 bridgehead atoms. The minimum absolute atomic E-state index is 0.00953. The molecule has 0 radical (unpaired) electrons. The Hall–Kier alpha value is -1.47. The molecule has 1 rings (SSSR count). The number of aliphatic hydroxyl groups is 1. The fourth-order valence-electron chi connectivity index (χ4n) is 1.34. The highest BCUT2D eigenvalue weighted by Gasteiger charge is 2.54. The fraction of sp³-hybridized carbons (Fsp3) is 0.400. The van der Waals surface area contributed by atoms with E-state index in [-0.39, 0.29) is 5.75 Å². The lowest BCUT2D eigenvalue weighted by Gasteiger charge is -2.29. The second kappa shape index (κ2) is 4.42. The van der Waals surface area contributed by atoms with Crippen molar-refractivity contribution in [3.05, 3.63) is 23.8 Å². The van der Waals surface area contributed by atoms with Gasteiger partial charge in [0.2, 0.25) is 0 Å². The zero-order valence-corrected chi connectivity index (χ0v) is 8.95. The van der Waals surface area contributed by atoms with E-state index in [4.69, 9.17) is 5.73 Å². The van der Waals surface area contributed by atoms with Crippen LogP contribution in [0.4, 0.5) is 13.2 Å². The van der Waals surface area contributed by atoms with E-state index in [9.17, 15) is 23.4 Å². The highest BCUT2D eigenvalue weighted by atomic mass is 19.4. The molecule has 96 valence electrons. The largest absolute Gasteiger partial charge is 0.504 e. The van der Waals surface area contributed by atoms with Crippen molar-refractivity contribution >= 4 is 0 Å². The third-order valence-corrected chi connectivity index (χ3v) is 2.42. The lowest BCUT2D eigenvalue weighted by molar-refractivity contribution is -0.262. The molecule has 1 unspecified atom stereocenters. The molecule has 0 heterocycles. The van der Waals surface area contributed by atoms with Gasteiger partial charge in [0.15, 0.2) is 17.1 Å². The number of phenolic OH excluding ortho intramolecular Hbond substituents is 1. The average molecular weight is 251 g/mol. The maximum absolute atomic E-state index is 12.7. The van der Waals surface area contributed by atoms with Crippen LogP contribution in [0.3, 0.4) is 0 Å². The molecule has 17 heavy (non-hydrogen) atoms. The third-order valence-electron chi connectivity index (χ3n) is 2.42. The van der Waals surface area contributed by atoms with Gasteiger partial charge in [-0.25, -0.2) is 0 Å². The van der Waals surface area contributed by atoms with Gasteiger partial charge in [-0.15, -0.1) is 0 Å². The second-order valence-corrected chi connectivity index (χ2v) is 3.45. The summed E-state index contributed by atoms with van der Waals surface area (Å²) in [5, 5.41) is 18.9. The van der Waals surface area contributed by atoms with E-state index in [0.29, 0.717) is 0 Å². The van der Waals surface area contributed by atoms with E-state index >= 15 is 0 Å². The van der Waals surface area contributed by atoms with Gasteiger partial charge < -0.3 is 20.7 Å². The molecular formula is C10H12F3NO3. The standard InChI is InChI=1S/C10H12F3NO3/c1-17-8-3-2-6(4-7(8)15)9(16,5-14)10(11,12)13/h2-4,15-16H,5,14H2,1H3. The van der Waals surface area contributed by atoms with Gasteiger partial charge in [-0.05, 0) is 17.7 Å². The second-order valence-electron chi connectivity index (χ2n) is 3.45. The van der Waals surface area contributed by atoms with Crippen molar-refractivity contribution in [2.45, 2.75) is 11.8 Å². The van der Waals surface area contributed by atoms with Crippen LogP contribution < -0.4 is 10.5 Å². The molecule has 0 saturated carbocycles. The first-order chi connectivity index (χ1) is 7.76. The van der Waals surface area contributed by atoms with Gasteiger partial charge in [-0.1, -0.05) is 6.07 Å². The maximum atomic E-state index is 12.7. The lowest BCUT2D eigenvalue weighted by atomic mass is 9.93. The Balaban J connectivity index is 3.27. The monoisotopic (exact) mass is 251 g/mol. The van der Waals surface area contributed by atoms with Gasteiger partial charge >= 0.3 is 6.18 Å². The molecule has 0 aromatic heterocycles. The first-order valence-corrected chi connectivity index (χ1v) is 4.63. The van der Waals surface area contributed by atoms with E-state index in [0.717, 1.165) is 18.2 Å². The Morgan fingerprint density at radius 2 is 1.94 bits per heavy atom. The highest BCUT2D eigenvalue weighted by Crippen LogP contribution is 2.40. The van der Waals surface area contributed by atoms with Gasteiger partial charge in [-0.3, -0.25) is 0 Å². The maximum Gasteiger partial charge on any atom is 0.422 e. The SMILES string of the molecule is COc1ccc(C(O)(CN)C(F)(F)F)cc1O. The molecule has 0 amide bonds. The van der Waals surface area contributed by atoms with E-state index in [1.54, 1.807) is 0 Å².